The van der Waals surface area contributed by atoms with Crippen LogP contribution in [0, 0.1) is 0 Å². The minimum Gasteiger partial charge on any atom is -0.347 e. The topological polar surface area (TPSA) is 116 Å². The number of nitrogens with zero attached hydrogens (tertiary/aromatic N) is 4. The molecule has 2 heterocycles. The fraction of sp³-hybridized carbons (Fsp3) is 0.700. The zero-order valence-electron chi connectivity index (χ0n) is 10.7. The molecule has 2 amide bonds. The molecular formula is C10H17N7O2. The van der Waals surface area contributed by atoms with Crippen LogP contribution in [0.15, 0.2) is 0 Å². The molecular weight excluding hydrogens is 250 g/mol. The molecule has 0 unspecified atom stereocenters. The van der Waals surface area contributed by atoms with Crippen molar-refractivity contribution in [3.8, 4) is 0 Å². The maximum absolute atomic E-state index is 12.0. The summed E-state index contributed by atoms with van der Waals surface area (Å²) < 4.78 is 0. The molecule has 0 spiro atoms. The van der Waals surface area contributed by atoms with Crippen molar-refractivity contribution in [3.05, 3.63) is 5.82 Å². The van der Waals surface area contributed by atoms with Gasteiger partial charge in [0.1, 0.15) is 6.04 Å². The number of carbonyl (C=O) groups is 2. The number of likely N-dealkylation sites (N-methyl/N-ethyl adjacent to an activating group) is 1. The lowest BCUT2D eigenvalue weighted by Gasteiger charge is -2.23. The van der Waals surface area contributed by atoms with E-state index in [1.165, 1.54) is 0 Å². The minimum atomic E-state index is -0.396. The van der Waals surface area contributed by atoms with Crippen molar-refractivity contribution in [3.63, 3.8) is 0 Å². The summed E-state index contributed by atoms with van der Waals surface area (Å²) in [6.45, 7) is 1.08. The number of hydrogen-bond donors (Lipinski definition) is 3. The Morgan fingerprint density at radius 3 is 3.05 bits per heavy atom. The summed E-state index contributed by atoms with van der Waals surface area (Å²) in [6.07, 6.45) is 1.53. The van der Waals surface area contributed by atoms with Crippen LogP contribution >= 0.6 is 0 Å². The zero-order chi connectivity index (χ0) is 13.7. The first-order valence-corrected chi connectivity index (χ1v) is 6.16. The van der Waals surface area contributed by atoms with Gasteiger partial charge < -0.3 is 15.5 Å². The number of H-pyrrole nitrogens is 1. The Bertz CT molecular complexity index is 433. The van der Waals surface area contributed by atoms with Gasteiger partial charge >= 0.3 is 0 Å². The predicted molar refractivity (Wildman–Crippen MR) is 64.7 cm³/mol. The number of amides is 2. The summed E-state index contributed by atoms with van der Waals surface area (Å²) in [5.74, 6) is 0.186. The van der Waals surface area contributed by atoms with Crippen LogP contribution in [0.2, 0.25) is 0 Å². The van der Waals surface area contributed by atoms with E-state index in [9.17, 15) is 9.59 Å². The number of nitrogens with one attached hydrogen (secondary N) is 3. The van der Waals surface area contributed by atoms with Gasteiger partial charge in [0.2, 0.25) is 11.8 Å². The van der Waals surface area contributed by atoms with E-state index >= 15 is 0 Å². The monoisotopic (exact) mass is 267 g/mol. The highest BCUT2D eigenvalue weighted by Gasteiger charge is 2.33. The van der Waals surface area contributed by atoms with Crippen LogP contribution in [0.3, 0.4) is 0 Å². The van der Waals surface area contributed by atoms with Crippen LogP contribution in [0.5, 0.6) is 0 Å². The first kappa shape index (κ1) is 13.4. The van der Waals surface area contributed by atoms with E-state index in [0.717, 1.165) is 6.42 Å². The highest BCUT2D eigenvalue weighted by Crippen LogP contribution is 2.17. The maximum Gasteiger partial charge on any atom is 0.243 e. The highest BCUT2D eigenvalue weighted by molar-refractivity contribution is 5.88. The SMILES string of the molecule is CNCC(=O)N1CCC[C@H]1C(=O)NCc1nn[nH]n1. The molecule has 1 aromatic heterocycles. The maximum atomic E-state index is 12.0. The Morgan fingerprint density at radius 1 is 1.53 bits per heavy atom. The minimum absolute atomic E-state index is 0.0558. The van der Waals surface area contributed by atoms with Crippen molar-refractivity contribution in [2.45, 2.75) is 25.4 Å². The summed E-state index contributed by atoms with van der Waals surface area (Å²) in [7, 11) is 1.71. The van der Waals surface area contributed by atoms with Crippen LogP contribution in [-0.2, 0) is 16.1 Å². The summed E-state index contributed by atoms with van der Waals surface area (Å²) >= 11 is 0. The van der Waals surface area contributed by atoms with E-state index < -0.39 is 6.04 Å². The second-order valence-electron chi connectivity index (χ2n) is 4.32. The highest BCUT2D eigenvalue weighted by atomic mass is 16.2. The van der Waals surface area contributed by atoms with Gasteiger partial charge in [-0.2, -0.15) is 5.21 Å². The Balaban J connectivity index is 1.88. The Labute approximate surface area is 110 Å². The summed E-state index contributed by atoms with van der Waals surface area (Å²) in [5, 5.41) is 18.7. The lowest BCUT2D eigenvalue weighted by Crippen LogP contribution is -2.48. The van der Waals surface area contributed by atoms with E-state index in [1.54, 1.807) is 11.9 Å². The summed E-state index contributed by atoms with van der Waals surface area (Å²) in [4.78, 5) is 25.5. The van der Waals surface area contributed by atoms with Gasteiger partial charge in [0.25, 0.3) is 0 Å². The van der Waals surface area contributed by atoms with Crippen molar-refractivity contribution >= 4 is 11.8 Å². The first-order valence-electron chi connectivity index (χ1n) is 6.16. The van der Waals surface area contributed by atoms with E-state index in [1.807, 2.05) is 0 Å². The van der Waals surface area contributed by atoms with Crippen molar-refractivity contribution in [2.24, 2.45) is 0 Å². The molecule has 0 saturated carbocycles. The molecule has 1 saturated heterocycles. The van der Waals surface area contributed by atoms with Gasteiger partial charge in [0.15, 0.2) is 5.82 Å². The van der Waals surface area contributed by atoms with Crippen LogP contribution in [-0.4, -0.2) is 63.5 Å². The Hall–Kier alpha value is -2.03. The second kappa shape index (κ2) is 6.23. The van der Waals surface area contributed by atoms with E-state index in [0.29, 0.717) is 18.8 Å². The third kappa shape index (κ3) is 3.25. The van der Waals surface area contributed by atoms with Crippen molar-refractivity contribution in [1.29, 1.82) is 0 Å². The average Bonchev–Trinajstić information content (AvgIpc) is 3.07. The third-order valence-corrected chi connectivity index (χ3v) is 3.01. The molecule has 1 aromatic rings. The molecule has 9 nitrogen and oxygen atoms in total. The number of tetrazole rings is 1. The molecule has 1 aliphatic heterocycles. The number of hydrogen-bond acceptors (Lipinski definition) is 6. The van der Waals surface area contributed by atoms with Gasteiger partial charge in [0, 0.05) is 6.54 Å². The molecule has 0 aromatic carbocycles. The molecule has 9 heteroatoms. The molecule has 1 aliphatic rings. The Morgan fingerprint density at radius 2 is 2.37 bits per heavy atom. The van der Waals surface area contributed by atoms with Gasteiger partial charge in [-0.1, -0.05) is 5.21 Å². The molecule has 0 radical (unpaired) electrons. The van der Waals surface area contributed by atoms with Gasteiger partial charge in [-0.15, -0.1) is 10.2 Å². The average molecular weight is 267 g/mol. The predicted octanol–water partition coefficient (Wildman–Crippen LogP) is -1.97. The molecule has 104 valence electrons. The lowest BCUT2D eigenvalue weighted by atomic mass is 10.2. The van der Waals surface area contributed by atoms with Gasteiger partial charge in [-0.25, -0.2) is 0 Å². The van der Waals surface area contributed by atoms with Crippen LogP contribution in [0.4, 0.5) is 0 Å². The zero-order valence-corrected chi connectivity index (χ0v) is 10.7. The number of aromatic amines is 1. The molecule has 1 atom stereocenters. The number of aromatic nitrogens is 4. The van der Waals surface area contributed by atoms with Crippen molar-refractivity contribution in [2.75, 3.05) is 20.1 Å². The first-order chi connectivity index (χ1) is 9.22. The molecule has 2 rings (SSSR count). The lowest BCUT2D eigenvalue weighted by molar-refractivity contribution is -0.137. The quantitative estimate of drug-likeness (QED) is 0.569. The second-order valence-corrected chi connectivity index (χ2v) is 4.32. The molecule has 3 N–H and O–H groups in total. The third-order valence-electron chi connectivity index (χ3n) is 3.01. The van der Waals surface area contributed by atoms with Crippen molar-refractivity contribution in [1.82, 2.24) is 36.2 Å². The number of carbonyl (C=O) groups excluding carboxylic acids is 2. The molecule has 1 fully saturated rings. The molecule has 19 heavy (non-hydrogen) atoms. The van der Waals surface area contributed by atoms with Crippen molar-refractivity contribution < 1.29 is 9.59 Å². The van der Waals surface area contributed by atoms with Gasteiger partial charge in [-0.05, 0) is 19.9 Å². The number of likely N-dealkylation sites (tertiary alicyclic amines) is 1. The smallest absolute Gasteiger partial charge is 0.243 e. The largest absolute Gasteiger partial charge is 0.347 e. The molecule has 0 aliphatic carbocycles. The summed E-state index contributed by atoms with van der Waals surface area (Å²) in [6, 6.07) is -0.396. The molecule has 0 bridgehead atoms. The van der Waals surface area contributed by atoms with E-state index in [2.05, 4.69) is 31.3 Å². The van der Waals surface area contributed by atoms with Crippen LogP contribution in [0.1, 0.15) is 18.7 Å². The fourth-order valence-electron chi connectivity index (χ4n) is 2.13. The van der Waals surface area contributed by atoms with Crippen LogP contribution < -0.4 is 10.6 Å². The number of rotatable bonds is 5. The Kier molecular flexibility index (Phi) is 4.39. The summed E-state index contributed by atoms with van der Waals surface area (Å²) in [5.41, 5.74) is 0. The van der Waals surface area contributed by atoms with Gasteiger partial charge in [-0.3, -0.25) is 9.59 Å². The fourth-order valence-corrected chi connectivity index (χ4v) is 2.13. The van der Waals surface area contributed by atoms with Crippen LogP contribution in [0.25, 0.3) is 0 Å². The van der Waals surface area contributed by atoms with E-state index in [-0.39, 0.29) is 24.9 Å². The standard InChI is InChI=1S/C10H17N7O2/c1-11-6-9(18)17-4-2-3-7(17)10(19)12-5-8-13-15-16-14-8/h7,11H,2-6H2,1H3,(H,12,19)(H,13,14,15,16)/t7-/m0/s1. The van der Waals surface area contributed by atoms with Gasteiger partial charge in [0.05, 0.1) is 13.1 Å². The normalized spacial score (nSPS) is 18.6. The van der Waals surface area contributed by atoms with E-state index in [4.69, 9.17) is 0 Å².